The molecule has 2 aromatic rings. The Morgan fingerprint density at radius 1 is 1.00 bits per heavy atom. The fraction of sp³-hybridized carbons (Fsp3) is 0.368. The normalized spacial score (nSPS) is 10.9. The largest absolute Gasteiger partial charge is 0.313 e. The van der Waals surface area contributed by atoms with Crippen LogP contribution in [0.5, 0.6) is 0 Å². The van der Waals surface area contributed by atoms with E-state index in [-0.39, 0.29) is 5.82 Å². The molecular formula is C19H24FN. The standard InChI is InChI=1S/C19H24FN/c1-5-8-21-12-17-11-16(6-7-18(17)20)19-14(3)9-13(2)10-15(19)4/h6-7,9-11,21H,5,8,12H2,1-4H3. The fourth-order valence-corrected chi connectivity index (χ4v) is 2.90. The minimum Gasteiger partial charge on any atom is -0.313 e. The van der Waals surface area contributed by atoms with Crippen molar-refractivity contribution in [3.8, 4) is 11.1 Å². The van der Waals surface area contributed by atoms with Gasteiger partial charge >= 0.3 is 0 Å². The Bertz CT molecular complexity index is 608. The first-order valence-corrected chi connectivity index (χ1v) is 7.60. The Kier molecular flexibility index (Phi) is 5.13. The molecule has 0 bridgehead atoms. The Morgan fingerprint density at radius 3 is 2.29 bits per heavy atom. The third-order valence-corrected chi connectivity index (χ3v) is 3.75. The monoisotopic (exact) mass is 285 g/mol. The highest BCUT2D eigenvalue weighted by molar-refractivity contribution is 5.71. The zero-order chi connectivity index (χ0) is 15.4. The molecule has 0 saturated heterocycles. The van der Waals surface area contributed by atoms with Crippen LogP contribution in [0.15, 0.2) is 30.3 Å². The van der Waals surface area contributed by atoms with Crippen molar-refractivity contribution in [2.45, 2.75) is 40.7 Å². The van der Waals surface area contributed by atoms with E-state index in [2.05, 4.69) is 45.1 Å². The highest BCUT2D eigenvalue weighted by atomic mass is 19.1. The zero-order valence-electron chi connectivity index (χ0n) is 13.4. The van der Waals surface area contributed by atoms with Gasteiger partial charge in [0.05, 0.1) is 0 Å². The molecular weight excluding hydrogens is 261 g/mol. The Morgan fingerprint density at radius 2 is 1.67 bits per heavy atom. The van der Waals surface area contributed by atoms with Gasteiger partial charge in [-0.3, -0.25) is 0 Å². The minimum absolute atomic E-state index is 0.134. The molecule has 1 nitrogen and oxygen atoms in total. The van der Waals surface area contributed by atoms with Crippen molar-refractivity contribution in [3.63, 3.8) is 0 Å². The second-order valence-electron chi connectivity index (χ2n) is 5.76. The maximum absolute atomic E-state index is 13.9. The summed E-state index contributed by atoms with van der Waals surface area (Å²) in [7, 11) is 0. The molecule has 2 rings (SSSR count). The molecule has 0 aliphatic rings. The molecule has 0 amide bonds. The average Bonchev–Trinajstić information content (AvgIpc) is 2.41. The van der Waals surface area contributed by atoms with Crippen LogP contribution in [0, 0.1) is 26.6 Å². The highest BCUT2D eigenvalue weighted by Crippen LogP contribution is 2.29. The summed E-state index contributed by atoms with van der Waals surface area (Å²) in [6.45, 7) is 9.94. The van der Waals surface area contributed by atoms with E-state index < -0.39 is 0 Å². The molecule has 21 heavy (non-hydrogen) atoms. The van der Waals surface area contributed by atoms with Crippen molar-refractivity contribution >= 4 is 0 Å². The number of hydrogen-bond donors (Lipinski definition) is 1. The lowest BCUT2D eigenvalue weighted by Gasteiger charge is -2.14. The van der Waals surface area contributed by atoms with Crippen LogP contribution < -0.4 is 5.32 Å². The van der Waals surface area contributed by atoms with E-state index in [0.717, 1.165) is 24.1 Å². The molecule has 0 aliphatic carbocycles. The lowest BCUT2D eigenvalue weighted by molar-refractivity contribution is 0.587. The van der Waals surface area contributed by atoms with Gasteiger partial charge in [0.15, 0.2) is 0 Å². The molecule has 0 spiro atoms. The van der Waals surface area contributed by atoms with Gasteiger partial charge in [-0.1, -0.05) is 30.7 Å². The number of benzene rings is 2. The highest BCUT2D eigenvalue weighted by Gasteiger charge is 2.10. The Hall–Kier alpha value is -1.67. The number of rotatable bonds is 5. The fourth-order valence-electron chi connectivity index (χ4n) is 2.90. The molecule has 2 heteroatoms. The topological polar surface area (TPSA) is 12.0 Å². The van der Waals surface area contributed by atoms with Gasteiger partial charge in [0.1, 0.15) is 5.82 Å². The second kappa shape index (κ2) is 6.86. The van der Waals surface area contributed by atoms with Crippen LogP contribution in [-0.4, -0.2) is 6.54 Å². The molecule has 2 aromatic carbocycles. The second-order valence-corrected chi connectivity index (χ2v) is 5.76. The maximum Gasteiger partial charge on any atom is 0.127 e. The van der Waals surface area contributed by atoms with Crippen molar-refractivity contribution in [1.29, 1.82) is 0 Å². The van der Waals surface area contributed by atoms with Crippen LogP contribution in [0.1, 0.15) is 35.6 Å². The maximum atomic E-state index is 13.9. The van der Waals surface area contributed by atoms with E-state index in [1.54, 1.807) is 6.07 Å². The first kappa shape index (κ1) is 15.7. The van der Waals surface area contributed by atoms with Crippen molar-refractivity contribution < 1.29 is 4.39 Å². The summed E-state index contributed by atoms with van der Waals surface area (Å²) in [6, 6.07) is 9.80. The van der Waals surface area contributed by atoms with Crippen molar-refractivity contribution in [2.24, 2.45) is 0 Å². The molecule has 0 saturated carbocycles. The molecule has 0 aromatic heterocycles. The quantitative estimate of drug-likeness (QED) is 0.769. The lowest BCUT2D eigenvalue weighted by Crippen LogP contribution is -2.14. The molecule has 0 aliphatic heterocycles. The van der Waals surface area contributed by atoms with E-state index in [4.69, 9.17) is 0 Å². The van der Waals surface area contributed by atoms with E-state index >= 15 is 0 Å². The molecule has 0 fully saturated rings. The van der Waals surface area contributed by atoms with E-state index in [9.17, 15) is 4.39 Å². The van der Waals surface area contributed by atoms with E-state index in [1.807, 2.05) is 12.1 Å². The predicted molar refractivity (Wildman–Crippen MR) is 88.0 cm³/mol. The summed E-state index contributed by atoms with van der Waals surface area (Å²) in [5.41, 5.74) is 6.80. The van der Waals surface area contributed by atoms with Crippen molar-refractivity contribution in [3.05, 3.63) is 58.4 Å². The van der Waals surface area contributed by atoms with Crippen molar-refractivity contribution in [2.75, 3.05) is 6.54 Å². The van der Waals surface area contributed by atoms with E-state index in [0.29, 0.717) is 6.54 Å². The van der Waals surface area contributed by atoms with Crippen LogP contribution in [-0.2, 0) is 6.54 Å². The van der Waals surface area contributed by atoms with Gasteiger partial charge in [-0.15, -0.1) is 0 Å². The van der Waals surface area contributed by atoms with Gasteiger partial charge in [0.2, 0.25) is 0 Å². The molecule has 0 heterocycles. The summed E-state index contributed by atoms with van der Waals surface area (Å²) >= 11 is 0. The number of aryl methyl sites for hydroxylation is 3. The van der Waals surface area contributed by atoms with Crippen LogP contribution in [0.3, 0.4) is 0 Å². The SMILES string of the molecule is CCCNCc1cc(-c2c(C)cc(C)cc2C)ccc1F. The van der Waals surface area contributed by atoms with Gasteiger partial charge in [-0.25, -0.2) is 4.39 Å². The van der Waals surface area contributed by atoms with Gasteiger partial charge in [0.25, 0.3) is 0 Å². The first-order chi connectivity index (χ1) is 10.0. The third-order valence-electron chi connectivity index (χ3n) is 3.75. The van der Waals surface area contributed by atoms with Crippen LogP contribution in [0.2, 0.25) is 0 Å². The summed E-state index contributed by atoms with van der Waals surface area (Å²) in [5, 5.41) is 3.27. The number of nitrogens with one attached hydrogen (secondary N) is 1. The Labute approximate surface area is 127 Å². The summed E-state index contributed by atoms with van der Waals surface area (Å²) in [5.74, 6) is -0.134. The average molecular weight is 285 g/mol. The van der Waals surface area contributed by atoms with Crippen LogP contribution in [0.4, 0.5) is 4.39 Å². The molecule has 0 unspecified atom stereocenters. The molecule has 112 valence electrons. The number of halogens is 1. The molecule has 0 radical (unpaired) electrons. The lowest BCUT2D eigenvalue weighted by atomic mass is 9.93. The van der Waals surface area contributed by atoms with E-state index in [1.165, 1.54) is 22.3 Å². The van der Waals surface area contributed by atoms with Gasteiger partial charge < -0.3 is 5.32 Å². The van der Waals surface area contributed by atoms with Crippen LogP contribution >= 0.6 is 0 Å². The third kappa shape index (κ3) is 3.70. The minimum atomic E-state index is -0.134. The summed E-state index contributed by atoms with van der Waals surface area (Å²) in [6.07, 6.45) is 1.05. The number of hydrogen-bond acceptors (Lipinski definition) is 1. The van der Waals surface area contributed by atoms with Gasteiger partial charge in [-0.2, -0.15) is 0 Å². The Balaban J connectivity index is 2.39. The first-order valence-electron chi connectivity index (χ1n) is 7.60. The zero-order valence-corrected chi connectivity index (χ0v) is 13.4. The smallest absolute Gasteiger partial charge is 0.127 e. The van der Waals surface area contributed by atoms with Crippen molar-refractivity contribution in [1.82, 2.24) is 5.32 Å². The summed E-state index contributed by atoms with van der Waals surface area (Å²) in [4.78, 5) is 0. The van der Waals surface area contributed by atoms with Crippen LogP contribution in [0.25, 0.3) is 11.1 Å². The molecule has 0 atom stereocenters. The van der Waals surface area contributed by atoms with Gasteiger partial charge in [-0.05, 0) is 68.1 Å². The van der Waals surface area contributed by atoms with Gasteiger partial charge in [0, 0.05) is 12.1 Å². The summed E-state index contributed by atoms with van der Waals surface area (Å²) < 4.78 is 13.9. The molecule has 1 N–H and O–H groups in total. The predicted octanol–water partition coefficient (Wildman–Crippen LogP) is 4.92.